The minimum Gasteiger partial charge on any atom is -0.399 e. The first-order valence-electron chi connectivity index (χ1n) is 8.18. The molecule has 2 N–H and O–H groups in total. The third-order valence-electron chi connectivity index (χ3n) is 4.87. The molecular formula is C16H25ClN4O3. The van der Waals surface area contributed by atoms with Gasteiger partial charge in [0.25, 0.3) is 5.69 Å². The van der Waals surface area contributed by atoms with Gasteiger partial charge in [-0.25, -0.2) is 0 Å². The van der Waals surface area contributed by atoms with Crippen molar-refractivity contribution in [2.75, 3.05) is 43.5 Å². The number of hydrogen-bond donors (Lipinski definition) is 1. The third kappa shape index (κ3) is 3.91. The van der Waals surface area contributed by atoms with Crippen LogP contribution in [-0.2, 0) is 4.74 Å². The summed E-state index contributed by atoms with van der Waals surface area (Å²) in [6, 6.07) is 5.77. The second-order valence-corrected chi connectivity index (χ2v) is 6.39. The molecule has 2 aliphatic rings. The van der Waals surface area contributed by atoms with Crippen LogP contribution in [0.4, 0.5) is 17.1 Å². The van der Waals surface area contributed by atoms with Crippen molar-refractivity contribution in [3.8, 4) is 0 Å². The molecule has 0 spiro atoms. The summed E-state index contributed by atoms with van der Waals surface area (Å²) in [5.74, 6) is 0. The zero-order chi connectivity index (χ0) is 16.4. The molecule has 8 heteroatoms. The standard InChI is InChI=1S/C16H24N4O3.ClH/c1-12-11-18(14-4-8-23-9-5-14)6-7-19(12)15-3-2-13(17)10-16(15)20(21)22;/h2-3,10,12,14H,4-9,11,17H2,1H3;1H/t12-;/m0./s1. The largest absolute Gasteiger partial charge is 0.399 e. The fourth-order valence-electron chi connectivity index (χ4n) is 3.66. The van der Waals surface area contributed by atoms with Crippen LogP contribution < -0.4 is 10.6 Å². The number of nitro benzene ring substituents is 1. The quantitative estimate of drug-likeness (QED) is 0.508. The van der Waals surface area contributed by atoms with Crippen molar-refractivity contribution < 1.29 is 9.66 Å². The number of benzene rings is 1. The molecule has 134 valence electrons. The van der Waals surface area contributed by atoms with Gasteiger partial charge in [0, 0.05) is 56.7 Å². The van der Waals surface area contributed by atoms with Gasteiger partial charge in [-0.1, -0.05) is 0 Å². The second kappa shape index (κ2) is 8.00. The lowest BCUT2D eigenvalue weighted by atomic mass is 10.0. The van der Waals surface area contributed by atoms with Gasteiger partial charge in [-0.15, -0.1) is 12.4 Å². The highest BCUT2D eigenvalue weighted by molar-refractivity contribution is 5.85. The summed E-state index contributed by atoms with van der Waals surface area (Å²) in [7, 11) is 0. The summed E-state index contributed by atoms with van der Waals surface area (Å²) >= 11 is 0. The Labute approximate surface area is 148 Å². The topological polar surface area (TPSA) is 84.9 Å². The van der Waals surface area contributed by atoms with Crippen molar-refractivity contribution in [2.45, 2.75) is 31.8 Å². The van der Waals surface area contributed by atoms with Gasteiger partial charge in [0.15, 0.2) is 0 Å². The first-order valence-corrected chi connectivity index (χ1v) is 8.18. The molecule has 0 aliphatic carbocycles. The maximum atomic E-state index is 11.3. The number of anilines is 2. The lowest BCUT2D eigenvalue weighted by Gasteiger charge is -2.45. The molecule has 0 aromatic heterocycles. The summed E-state index contributed by atoms with van der Waals surface area (Å²) in [5.41, 5.74) is 6.89. The van der Waals surface area contributed by atoms with E-state index < -0.39 is 0 Å². The number of halogens is 1. The van der Waals surface area contributed by atoms with Gasteiger partial charge in [-0.05, 0) is 31.9 Å². The number of hydrogen-bond acceptors (Lipinski definition) is 6. The minimum absolute atomic E-state index is 0. The minimum atomic E-state index is -0.344. The summed E-state index contributed by atoms with van der Waals surface area (Å²) in [4.78, 5) is 15.6. The molecule has 1 aromatic rings. The van der Waals surface area contributed by atoms with Crippen molar-refractivity contribution >= 4 is 29.5 Å². The molecule has 2 aliphatic heterocycles. The summed E-state index contributed by atoms with van der Waals surface area (Å²) in [6.07, 6.45) is 2.16. The predicted molar refractivity (Wildman–Crippen MR) is 97.0 cm³/mol. The van der Waals surface area contributed by atoms with Crippen LogP contribution in [0.3, 0.4) is 0 Å². The van der Waals surface area contributed by atoms with E-state index in [1.54, 1.807) is 12.1 Å². The van der Waals surface area contributed by atoms with Gasteiger partial charge >= 0.3 is 0 Å². The fraction of sp³-hybridized carbons (Fsp3) is 0.625. The van der Waals surface area contributed by atoms with E-state index in [2.05, 4.69) is 16.7 Å². The highest BCUT2D eigenvalue weighted by atomic mass is 35.5. The molecule has 3 rings (SSSR count). The van der Waals surface area contributed by atoms with Crippen LogP contribution in [0.2, 0.25) is 0 Å². The van der Waals surface area contributed by atoms with E-state index in [-0.39, 0.29) is 29.1 Å². The monoisotopic (exact) mass is 356 g/mol. The third-order valence-corrected chi connectivity index (χ3v) is 4.87. The van der Waals surface area contributed by atoms with Crippen LogP contribution in [0.1, 0.15) is 19.8 Å². The summed E-state index contributed by atoms with van der Waals surface area (Å²) in [6.45, 7) is 6.45. The van der Waals surface area contributed by atoms with Crippen molar-refractivity contribution in [2.24, 2.45) is 0 Å². The molecule has 1 aromatic carbocycles. The molecule has 0 bridgehead atoms. The van der Waals surface area contributed by atoms with Crippen LogP contribution in [0.15, 0.2) is 18.2 Å². The smallest absolute Gasteiger partial charge is 0.294 e. The Bertz CT molecular complexity index is 580. The summed E-state index contributed by atoms with van der Waals surface area (Å²) < 4.78 is 5.44. The Morgan fingerprint density at radius 3 is 2.62 bits per heavy atom. The predicted octanol–water partition coefficient (Wildman–Crippen LogP) is 2.29. The molecule has 0 unspecified atom stereocenters. The van der Waals surface area contributed by atoms with Crippen LogP contribution in [0, 0.1) is 10.1 Å². The Morgan fingerprint density at radius 1 is 1.29 bits per heavy atom. The normalized spacial score (nSPS) is 22.9. The second-order valence-electron chi connectivity index (χ2n) is 6.39. The Kier molecular flexibility index (Phi) is 6.26. The van der Waals surface area contributed by atoms with E-state index >= 15 is 0 Å². The maximum Gasteiger partial charge on any atom is 0.294 e. The number of piperazine rings is 1. The van der Waals surface area contributed by atoms with Gasteiger partial charge in [0.1, 0.15) is 5.69 Å². The van der Waals surface area contributed by atoms with Crippen molar-refractivity contribution in [1.82, 2.24) is 4.90 Å². The van der Waals surface area contributed by atoms with Crippen molar-refractivity contribution in [3.05, 3.63) is 28.3 Å². The Balaban J connectivity index is 0.00000208. The number of rotatable bonds is 3. The van der Waals surface area contributed by atoms with E-state index in [9.17, 15) is 10.1 Å². The molecule has 0 amide bonds. The molecule has 0 radical (unpaired) electrons. The first-order chi connectivity index (χ1) is 11.1. The van der Waals surface area contributed by atoms with Gasteiger partial charge < -0.3 is 15.4 Å². The number of nitrogen functional groups attached to an aromatic ring is 1. The number of nitrogens with zero attached hydrogens (tertiary/aromatic N) is 3. The Morgan fingerprint density at radius 2 is 2.00 bits per heavy atom. The van der Waals surface area contributed by atoms with E-state index in [1.165, 1.54) is 6.07 Å². The van der Waals surface area contributed by atoms with E-state index in [0.29, 0.717) is 17.4 Å². The molecule has 2 saturated heterocycles. The molecule has 2 heterocycles. The van der Waals surface area contributed by atoms with Gasteiger partial charge in [-0.3, -0.25) is 15.0 Å². The van der Waals surface area contributed by atoms with E-state index in [4.69, 9.17) is 10.5 Å². The van der Waals surface area contributed by atoms with Crippen LogP contribution >= 0.6 is 12.4 Å². The van der Waals surface area contributed by atoms with Gasteiger partial charge in [0.2, 0.25) is 0 Å². The lowest BCUT2D eigenvalue weighted by Crippen LogP contribution is -2.56. The first kappa shape index (κ1) is 18.8. The molecule has 1 atom stereocenters. The van der Waals surface area contributed by atoms with Crippen LogP contribution in [0.5, 0.6) is 0 Å². The molecule has 0 saturated carbocycles. The molecule has 7 nitrogen and oxygen atoms in total. The van der Waals surface area contributed by atoms with Crippen molar-refractivity contribution in [3.63, 3.8) is 0 Å². The highest BCUT2D eigenvalue weighted by Gasteiger charge is 2.32. The van der Waals surface area contributed by atoms with Gasteiger partial charge in [-0.2, -0.15) is 0 Å². The zero-order valence-electron chi connectivity index (χ0n) is 13.9. The number of nitrogens with two attached hydrogens (primary N) is 1. The SMILES string of the molecule is C[C@H]1CN(C2CCOCC2)CCN1c1ccc(N)cc1[N+](=O)[O-].Cl. The Hall–Kier alpha value is -1.57. The molecule has 24 heavy (non-hydrogen) atoms. The maximum absolute atomic E-state index is 11.3. The van der Waals surface area contributed by atoms with E-state index in [1.807, 2.05) is 0 Å². The molecule has 2 fully saturated rings. The number of ether oxygens (including phenoxy) is 1. The van der Waals surface area contributed by atoms with E-state index in [0.717, 1.165) is 45.7 Å². The zero-order valence-corrected chi connectivity index (χ0v) is 14.7. The van der Waals surface area contributed by atoms with Crippen molar-refractivity contribution in [1.29, 1.82) is 0 Å². The van der Waals surface area contributed by atoms with Crippen LogP contribution in [0.25, 0.3) is 0 Å². The fourth-order valence-corrected chi connectivity index (χ4v) is 3.66. The number of nitro groups is 1. The highest BCUT2D eigenvalue weighted by Crippen LogP contribution is 2.33. The van der Waals surface area contributed by atoms with Crippen LogP contribution in [-0.4, -0.2) is 54.8 Å². The average molecular weight is 357 g/mol. The molecular weight excluding hydrogens is 332 g/mol. The summed E-state index contributed by atoms with van der Waals surface area (Å²) in [5, 5.41) is 11.3. The lowest BCUT2D eigenvalue weighted by molar-refractivity contribution is -0.384. The van der Waals surface area contributed by atoms with Gasteiger partial charge in [0.05, 0.1) is 4.92 Å². The average Bonchev–Trinajstić information content (AvgIpc) is 2.56.